The normalized spacial score (nSPS) is 22.7. The molecule has 3 N–H and O–H groups in total. The van der Waals surface area contributed by atoms with E-state index in [9.17, 15) is 29.5 Å². The fraction of sp³-hybridized carbons (Fsp3) is 0.684. The van der Waals surface area contributed by atoms with Gasteiger partial charge in [0.05, 0.1) is 37.8 Å². The molecule has 3 fully saturated rings. The molecule has 3 aliphatic rings. The zero-order chi connectivity index (χ0) is 42.8. The molecule has 0 radical (unpaired) electrons. The Bertz CT molecular complexity index is 2080. The van der Waals surface area contributed by atoms with Crippen LogP contribution in [0.5, 0.6) is 0 Å². The number of nitrogens with two attached hydrogens (primary N) is 1. The summed E-state index contributed by atoms with van der Waals surface area (Å²) in [5, 5.41) is 0. The molecule has 3 unspecified atom stereocenters. The lowest BCUT2D eigenvalue weighted by Crippen LogP contribution is -2.27. The van der Waals surface area contributed by atoms with Crippen molar-refractivity contribution in [3.63, 3.8) is 0 Å². The lowest BCUT2D eigenvalue weighted by Gasteiger charge is -2.22. The van der Waals surface area contributed by atoms with Gasteiger partial charge in [-0.05, 0) is 119 Å². The number of benzene rings is 2. The fourth-order valence-electron chi connectivity index (χ4n) is 5.70. The molecule has 20 heteroatoms. The predicted octanol–water partition coefficient (Wildman–Crippen LogP) is 7.45. The van der Waals surface area contributed by atoms with Gasteiger partial charge in [0, 0.05) is 66.4 Å². The zero-order valence-corrected chi connectivity index (χ0v) is 38.7. The van der Waals surface area contributed by atoms with Crippen molar-refractivity contribution in [2.24, 2.45) is 13.3 Å². The smallest absolute Gasteiger partial charge is 0.291 e. The van der Waals surface area contributed by atoms with Gasteiger partial charge in [-0.2, -0.15) is 16.8 Å². The minimum absolute atomic E-state index is 0. The van der Waals surface area contributed by atoms with Gasteiger partial charge in [0.2, 0.25) is 0 Å². The highest BCUT2D eigenvalue weighted by molar-refractivity contribution is 8.18. The highest BCUT2D eigenvalue weighted by atomic mass is 35.7. The van der Waals surface area contributed by atoms with Crippen molar-refractivity contribution in [3.8, 4) is 0 Å². The Morgan fingerprint density at radius 2 is 0.983 bits per heavy atom. The van der Waals surface area contributed by atoms with E-state index >= 15 is 0 Å². The molecule has 2 aromatic rings. The van der Waals surface area contributed by atoms with E-state index in [1.165, 1.54) is 56.0 Å². The number of nitrogens with zero attached hydrogens (tertiary/aromatic N) is 2. The van der Waals surface area contributed by atoms with Crippen LogP contribution in [0.4, 0.5) is 0 Å². The number of rotatable bonds is 11. The van der Waals surface area contributed by atoms with Crippen molar-refractivity contribution in [1.29, 1.82) is 4.78 Å². The summed E-state index contributed by atoms with van der Waals surface area (Å²) in [5.74, 6) is 0.723. The predicted molar refractivity (Wildman–Crippen MR) is 238 cm³/mol. The minimum Gasteiger partial charge on any atom is -0.378 e. The highest BCUT2D eigenvalue weighted by Crippen LogP contribution is 2.20. The van der Waals surface area contributed by atoms with Gasteiger partial charge in [-0.1, -0.05) is 46.6 Å². The zero-order valence-electron chi connectivity index (χ0n) is 33.8. The lowest BCUT2D eigenvalue weighted by atomic mass is 10.1. The van der Waals surface area contributed by atoms with E-state index in [4.69, 9.17) is 35.4 Å². The van der Waals surface area contributed by atoms with Crippen LogP contribution >= 0.6 is 10.7 Å². The molecule has 2 aromatic carbocycles. The number of nitrogens with one attached hydrogen (secondary N) is 1. The summed E-state index contributed by atoms with van der Waals surface area (Å²) in [6.07, 6.45) is 16.3. The summed E-state index contributed by atoms with van der Waals surface area (Å²) in [6.45, 7) is 6.89. The van der Waals surface area contributed by atoms with Gasteiger partial charge in [0.15, 0.2) is 0 Å². The molecule has 3 saturated heterocycles. The molecule has 0 bridgehead atoms. The Kier molecular flexibility index (Phi) is 24.3. The summed E-state index contributed by atoms with van der Waals surface area (Å²) in [7, 11) is -10.8. The molecule has 0 spiro atoms. The second-order valence-corrected chi connectivity index (χ2v) is 26.5. The lowest BCUT2D eigenvalue weighted by molar-refractivity contribution is 0.0147. The van der Waals surface area contributed by atoms with Crippen LogP contribution in [0.15, 0.2) is 65.9 Å². The molecule has 0 saturated carbocycles. The first-order valence-electron chi connectivity index (χ1n) is 19.0. The first-order valence-corrected chi connectivity index (χ1v) is 28.9. The third-order valence-electron chi connectivity index (χ3n) is 8.86. The summed E-state index contributed by atoms with van der Waals surface area (Å²) < 4.78 is 112. The molecule has 5 rings (SSSR count). The molecule has 0 aliphatic carbocycles. The molecule has 58 heavy (non-hydrogen) atoms. The van der Waals surface area contributed by atoms with Gasteiger partial charge in [0.25, 0.3) is 20.0 Å². The minimum atomic E-state index is -3.92. The molecule has 3 aliphatic heterocycles. The monoisotopic (exact) mass is 934 g/mol. The van der Waals surface area contributed by atoms with Gasteiger partial charge in [-0.3, -0.25) is 8.99 Å². The Morgan fingerprint density at radius 1 is 0.621 bits per heavy atom. The summed E-state index contributed by atoms with van der Waals surface area (Å²) >= 11 is 0. The third-order valence-corrected chi connectivity index (χ3v) is 17.0. The number of ether oxygens (including phenoxy) is 3. The summed E-state index contributed by atoms with van der Waals surface area (Å²) in [4.78, 5) is 0.0740. The number of halogens is 1. The first kappa shape index (κ1) is 54.3. The van der Waals surface area contributed by atoms with Crippen molar-refractivity contribution in [1.82, 2.24) is 0 Å². The van der Waals surface area contributed by atoms with Gasteiger partial charge >= 0.3 is 0 Å². The van der Waals surface area contributed by atoms with Crippen LogP contribution in [0, 0.1) is 18.6 Å². The first-order chi connectivity index (χ1) is 26.5. The van der Waals surface area contributed by atoms with Crippen molar-refractivity contribution < 1.29 is 43.7 Å². The number of hydrogen-bond donors (Lipinski definition) is 2. The van der Waals surface area contributed by atoms with E-state index in [-0.39, 0.29) is 35.2 Å². The number of hydrogen-bond acceptors (Lipinski definition) is 12. The topological polar surface area (TPSA) is 222 Å². The van der Waals surface area contributed by atoms with Gasteiger partial charge in [-0.15, -0.1) is 3.77 Å². The van der Waals surface area contributed by atoms with Gasteiger partial charge < -0.3 is 19.9 Å². The Morgan fingerprint density at radius 3 is 1.29 bits per heavy atom. The Hall–Kier alpha value is -1.68. The summed E-state index contributed by atoms with van der Waals surface area (Å²) in [5.41, 5.74) is 7.27. The average Bonchev–Trinajstić information content (AvgIpc) is 3.14. The van der Waals surface area contributed by atoms with Crippen LogP contribution in [0.1, 0.15) is 89.2 Å². The molecule has 14 nitrogen and oxygen atoms in total. The van der Waals surface area contributed by atoms with Crippen LogP contribution in [-0.2, 0) is 62.7 Å². The van der Waals surface area contributed by atoms with Crippen molar-refractivity contribution >= 4 is 59.1 Å². The van der Waals surface area contributed by atoms with Crippen molar-refractivity contribution in [3.05, 3.63) is 59.7 Å². The van der Waals surface area contributed by atoms with E-state index in [0.29, 0.717) is 24.8 Å². The molecular weight excluding hydrogens is 868 g/mol. The maximum Gasteiger partial charge on any atom is 0.291 e. The molecule has 336 valence electrons. The van der Waals surface area contributed by atoms with Gasteiger partial charge in [-0.25, -0.2) is 8.42 Å². The van der Waals surface area contributed by atoms with Crippen molar-refractivity contribution in [2.75, 3.05) is 56.6 Å². The van der Waals surface area contributed by atoms with E-state index in [0.717, 1.165) is 82.1 Å². The van der Waals surface area contributed by atoms with Crippen LogP contribution in [0.3, 0.4) is 0 Å². The molecule has 6 atom stereocenters. The molecule has 3 heterocycles. The average molecular weight is 936 g/mol. The Labute approximate surface area is 355 Å². The maximum absolute atomic E-state index is 12.5. The second-order valence-electron chi connectivity index (χ2n) is 14.6. The fourth-order valence-corrected chi connectivity index (χ4v) is 12.8. The maximum atomic E-state index is 12.5. The molecule has 0 aromatic heterocycles. The quantitative estimate of drug-likeness (QED) is 0.211. The second kappa shape index (κ2) is 25.9. The molecule has 0 amide bonds. The summed E-state index contributed by atoms with van der Waals surface area (Å²) in [6, 6.07) is 12.5. The van der Waals surface area contributed by atoms with E-state index in [1.807, 2.05) is 13.8 Å². The van der Waals surface area contributed by atoms with Crippen LogP contribution in [0.25, 0.3) is 0 Å². The van der Waals surface area contributed by atoms with E-state index in [2.05, 4.69) is 7.54 Å². The standard InChI is InChI=1S/C15H23NO4S2.C8H10ClNO3S2.C8H17NO2S.C6H13NO.CH4/c1-13-6-8-15(9-7-13)22(18,19)16-21(2,17)12-10-14-5-3-4-11-20-14;1-7-3-5-8(6-4-7)15(12,13)10-14(2,9)11;1-12(9,10)7-5-8-4-2-3-6-11-8;7-5-6-3-1-2-4-8-6;/h6-9,14H,3-5,10-12H2,1-2H3;3-6H,1-2H3;8-9H,2-7H2,1H3;6H,1-5,7H2;1H4/t14-,21?;;8-,12?;6-;/m0.00./s1. The van der Waals surface area contributed by atoms with E-state index < -0.39 is 48.4 Å². The largest absolute Gasteiger partial charge is 0.378 e. The highest BCUT2D eigenvalue weighted by Gasteiger charge is 2.20. The third kappa shape index (κ3) is 23.9. The van der Waals surface area contributed by atoms with Crippen LogP contribution in [-0.4, -0.2) is 104 Å². The number of sulfonamides is 2. The Balaban J connectivity index is 0.000000408. The van der Waals surface area contributed by atoms with E-state index in [1.54, 1.807) is 24.3 Å². The van der Waals surface area contributed by atoms with Crippen molar-refractivity contribution in [2.45, 2.75) is 120 Å². The molecular formula is C38H67ClN4O10S5. The SMILES string of the molecule is C.CS(=N)(=O)CC[C@@H]1CCCCO1.Cc1ccc(S(=O)(=O)N=S(C)(=O)CC[C@@H]2CCCCO2)cc1.Cc1ccc(S(=O)(=O)N=S(C)(=O)Cl)cc1.NC[C@@H]1CCCCO1. The van der Waals surface area contributed by atoms with Crippen LogP contribution in [0.2, 0.25) is 0 Å². The van der Waals surface area contributed by atoms with Gasteiger partial charge in [0.1, 0.15) is 8.94 Å². The number of aryl methyl sites for hydroxylation is 2. The van der Waals surface area contributed by atoms with Crippen LogP contribution < -0.4 is 5.73 Å².